The van der Waals surface area contributed by atoms with Gasteiger partial charge in [0, 0.05) is 63.5 Å². The third-order valence-electron chi connectivity index (χ3n) is 6.29. The van der Waals surface area contributed by atoms with Crippen LogP contribution in [0.25, 0.3) is 0 Å². The van der Waals surface area contributed by atoms with Crippen molar-refractivity contribution in [3.63, 3.8) is 0 Å². The third-order valence-corrected chi connectivity index (χ3v) is 7.67. The van der Waals surface area contributed by atoms with E-state index in [4.69, 9.17) is 16.6 Å². The van der Waals surface area contributed by atoms with Gasteiger partial charge in [-0.2, -0.15) is 0 Å². The molecule has 0 radical (unpaired) electrons. The van der Waals surface area contributed by atoms with Gasteiger partial charge in [-0.15, -0.1) is 0 Å². The van der Waals surface area contributed by atoms with E-state index in [9.17, 15) is 4.79 Å². The number of benzene rings is 3. The van der Waals surface area contributed by atoms with Crippen LogP contribution in [0.15, 0.2) is 75.4 Å². The lowest BCUT2D eigenvalue weighted by atomic mass is 10.1. The van der Waals surface area contributed by atoms with Crippen LogP contribution in [0.2, 0.25) is 5.02 Å². The Labute approximate surface area is 204 Å². The highest BCUT2D eigenvalue weighted by molar-refractivity contribution is 7.99. The first-order valence-corrected chi connectivity index (χ1v) is 12.5. The fraction of sp³-hybridized carbons (Fsp3) is 0.259. The van der Waals surface area contributed by atoms with Crippen molar-refractivity contribution in [2.45, 2.75) is 30.1 Å². The predicted molar refractivity (Wildman–Crippen MR) is 138 cm³/mol. The van der Waals surface area contributed by atoms with Crippen molar-refractivity contribution in [2.24, 2.45) is 4.99 Å². The topological polar surface area (TPSA) is 35.9 Å². The third kappa shape index (κ3) is 4.40. The maximum Gasteiger partial charge on any atom is 0.254 e. The van der Waals surface area contributed by atoms with E-state index >= 15 is 0 Å². The minimum Gasteiger partial charge on any atom is -0.368 e. The molecule has 3 aromatic carbocycles. The molecule has 2 aliphatic rings. The zero-order chi connectivity index (χ0) is 22.9. The summed E-state index contributed by atoms with van der Waals surface area (Å²) >= 11 is 7.93. The molecule has 0 unspecified atom stereocenters. The van der Waals surface area contributed by atoms with Crippen LogP contribution in [0, 0.1) is 6.92 Å². The first-order valence-electron chi connectivity index (χ1n) is 11.3. The second-order valence-corrected chi connectivity index (χ2v) is 9.92. The highest BCUT2D eigenvalue weighted by atomic mass is 35.5. The average Bonchev–Trinajstić information content (AvgIpc) is 3.01. The Bertz CT molecular complexity index is 1250. The number of carbonyl (C=O) groups is 1. The van der Waals surface area contributed by atoms with Gasteiger partial charge in [0.05, 0.1) is 5.69 Å². The van der Waals surface area contributed by atoms with Gasteiger partial charge in [0.2, 0.25) is 0 Å². The van der Waals surface area contributed by atoms with Gasteiger partial charge in [-0.25, -0.2) is 0 Å². The first-order chi connectivity index (χ1) is 16.0. The summed E-state index contributed by atoms with van der Waals surface area (Å²) in [5.41, 5.74) is 6.18. The normalized spacial score (nSPS) is 15.4. The van der Waals surface area contributed by atoms with Crippen LogP contribution in [0.4, 0.5) is 11.4 Å². The number of aryl methyl sites for hydroxylation is 1. The molecule has 168 valence electrons. The molecular weight excluding hydrogens is 450 g/mol. The summed E-state index contributed by atoms with van der Waals surface area (Å²) < 4.78 is 0. The van der Waals surface area contributed by atoms with E-state index in [2.05, 4.69) is 43.0 Å². The van der Waals surface area contributed by atoms with Gasteiger partial charge in [0.25, 0.3) is 5.91 Å². The number of rotatable bonds is 3. The van der Waals surface area contributed by atoms with Gasteiger partial charge in [-0.1, -0.05) is 54.6 Å². The first kappa shape index (κ1) is 22.1. The lowest BCUT2D eigenvalue weighted by Gasteiger charge is -2.37. The number of piperazine rings is 1. The number of nitrogens with zero attached hydrogens (tertiary/aromatic N) is 3. The number of anilines is 1. The summed E-state index contributed by atoms with van der Waals surface area (Å²) in [7, 11) is 0. The van der Waals surface area contributed by atoms with Gasteiger partial charge in [0.15, 0.2) is 0 Å². The minimum atomic E-state index is 0.0697. The predicted octanol–water partition coefficient (Wildman–Crippen LogP) is 6.61. The minimum absolute atomic E-state index is 0.0697. The number of amides is 1. The molecule has 0 N–H and O–H groups in total. The van der Waals surface area contributed by atoms with Gasteiger partial charge >= 0.3 is 0 Å². The standard InChI is InChI=1S/C27H26ClN3OS/c1-3-22-21-6-4-5-7-25(21)33-26-11-9-19(16-23(26)29-22)27(32)31-14-12-30(13-15-31)24-17-20(28)10-8-18(24)2/h4-11,16-17H,3,12-15H2,1-2H3. The van der Waals surface area contributed by atoms with E-state index in [1.54, 1.807) is 11.8 Å². The molecule has 4 nitrogen and oxygen atoms in total. The Morgan fingerprint density at radius 1 is 1.00 bits per heavy atom. The molecule has 2 heterocycles. The highest BCUT2D eigenvalue weighted by Gasteiger charge is 2.24. The van der Waals surface area contributed by atoms with Crippen molar-refractivity contribution in [3.05, 3.63) is 82.4 Å². The molecule has 1 amide bonds. The quantitative estimate of drug-likeness (QED) is 0.427. The number of halogens is 1. The van der Waals surface area contributed by atoms with Crippen LogP contribution in [0.1, 0.15) is 34.8 Å². The number of fused-ring (bicyclic) bond motifs is 2. The summed E-state index contributed by atoms with van der Waals surface area (Å²) in [4.78, 5) is 24.9. The van der Waals surface area contributed by atoms with Crippen LogP contribution < -0.4 is 4.90 Å². The Kier molecular flexibility index (Phi) is 6.17. The molecule has 0 aromatic heterocycles. The summed E-state index contributed by atoms with van der Waals surface area (Å²) in [6.07, 6.45) is 0.847. The van der Waals surface area contributed by atoms with E-state index in [1.165, 1.54) is 16.0 Å². The Morgan fingerprint density at radius 3 is 2.58 bits per heavy atom. The van der Waals surface area contributed by atoms with E-state index < -0.39 is 0 Å². The van der Waals surface area contributed by atoms with E-state index in [-0.39, 0.29) is 5.91 Å². The average molecular weight is 476 g/mol. The van der Waals surface area contributed by atoms with Crippen LogP contribution in [0.5, 0.6) is 0 Å². The lowest BCUT2D eigenvalue weighted by Crippen LogP contribution is -2.49. The second kappa shape index (κ2) is 9.24. The fourth-order valence-corrected chi connectivity index (χ4v) is 5.66. The van der Waals surface area contributed by atoms with Crippen molar-refractivity contribution in [1.82, 2.24) is 4.90 Å². The van der Waals surface area contributed by atoms with Crippen molar-refractivity contribution >= 4 is 46.4 Å². The van der Waals surface area contributed by atoms with E-state index in [1.807, 2.05) is 41.3 Å². The second-order valence-electron chi connectivity index (χ2n) is 8.40. The molecule has 5 rings (SSSR count). The van der Waals surface area contributed by atoms with E-state index in [0.717, 1.165) is 46.5 Å². The zero-order valence-electron chi connectivity index (χ0n) is 18.8. The van der Waals surface area contributed by atoms with Gasteiger partial charge in [-0.05, 0) is 55.3 Å². The summed E-state index contributed by atoms with van der Waals surface area (Å²) in [5.74, 6) is 0.0697. The van der Waals surface area contributed by atoms with Gasteiger partial charge in [0.1, 0.15) is 0 Å². The Hall–Kier alpha value is -2.76. The van der Waals surface area contributed by atoms with Crippen LogP contribution in [-0.4, -0.2) is 42.7 Å². The molecule has 0 bridgehead atoms. The van der Waals surface area contributed by atoms with Crippen LogP contribution in [0.3, 0.4) is 0 Å². The summed E-state index contributed by atoms with van der Waals surface area (Å²) in [6.45, 7) is 7.18. The van der Waals surface area contributed by atoms with Gasteiger partial charge in [-0.3, -0.25) is 9.79 Å². The maximum absolute atomic E-state index is 13.3. The largest absolute Gasteiger partial charge is 0.368 e. The molecule has 2 aliphatic heterocycles. The molecule has 33 heavy (non-hydrogen) atoms. The van der Waals surface area contributed by atoms with E-state index in [0.29, 0.717) is 18.7 Å². The molecule has 0 spiro atoms. The van der Waals surface area contributed by atoms with Crippen LogP contribution >= 0.6 is 23.4 Å². The smallest absolute Gasteiger partial charge is 0.254 e. The highest BCUT2D eigenvalue weighted by Crippen LogP contribution is 2.41. The molecule has 0 saturated carbocycles. The van der Waals surface area contributed by atoms with Crippen molar-refractivity contribution in [3.8, 4) is 0 Å². The number of aliphatic imine (C=N–C) groups is 1. The molecule has 6 heteroatoms. The molecule has 1 fully saturated rings. The van der Waals surface area contributed by atoms with Crippen molar-refractivity contribution in [2.75, 3.05) is 31.1 Å². The monoisotopic (exact) mass is 475 g/mol. The lowest BCUT2D eigenvalue weighted by molar-refractivity contribution is 0.0746. The molecule has 0 atom stereocenters. The van der Waals surface area contributed by atoms with Crippen LogP contribution in [-0.2, 0) is 0 Å². The molecule has 1 saturated heterocycles. The fourth-order valence-electron chi connectivity index (χ4n) is 4.47. The molecule has 0 aliphatic carbocycles. The SMILES string of the molecule is CCC1=Nc2cc(C(=O)N3CCN(c4cc(Cl)ccc4C)CC3)ccc2Sc2ccccc21. The van der Waals surface area contributed by atoms with Crippen molar-refractivity contribution < 1.29 is 4.79 Å². The molecule has 3 aromatic rings. The maximum atomic E-state index is 13.3. The zero-order valence-corrected chi connectivity index (χ0v) is 20.4. The Balaban J connectivity index is 1.35. The number of carbonyl (C=O) groups excluding carboxylic acids is 1. The molecular formula is C27H26ClN3OS. The number of hydrogen-bond acceptors (Lipinski definition) is 4. The summed E-state index contributed by atoms with van der Waals surface area (Å²) in [6, 6.07) is 20.3. The number of hydrogen-bond donors (Lipinski definition) is 0. The van der Waals surface area contributed by atoms with Crippen molar-refractivity contribution in [1.29, 1.82) is 0 Å². The Morgan fingerprint density at radius 2 is 1.79 bits per heavy atom. The summed E-state index contributed by atoms with van der Waals surface area (Å²) in [5, 5.41) is 0.742. The van der Waals surface area contributed by atoms with Gasteiger partial charge < -0.3 is 9.80 Å².